The van der Waals surface area contributed by atoms with Gasteiger partial charge < -0.3 is 0 Å². The normalized spacial score (nSPS) is 9.92. The molecule has 1 rings (SSSR count). The molecule has 0 saturated heterocycles. The molecular weight excluding hydrogens is 269 g/mol. The zero-order valence-electron chi connectivity index (χ0n) is 6.80. The Hall–Kier alpha value is -0.650. The molecule has 12 heavy (non-hydrogen) atoms. The van der Waals surface area contributed by atoms with Gasteiger partial charge in [-0.25, -0.2) is 0 Å². The minimum atomic E-state index is -0.365. The second kappa shape index (κ2) is 3.38. The van der Waals surface area contributed by atoms with Gasteiger partial charge in [-0.1, -0.05) is 0 Å². The van der Waals surface area contributed by atoms with Crippen molar-refractivity contribution in [2.75, 3.05) is 0 Å². The Morgan fingerprint density at radius 2 is 1.75 bits per heavy atom. The Morgan fingerprint density at radius 3 is 2.08 bits per heavy atom. The van der Waals surface area contributed by atoms with Gasteiger partial charge in [0.2, 0.25) is 0 Å². The van der Waals surface area contributed by atoms with Gasteiger partial charge in [0.15, 0.2) is 0 Å². The monoisotopic (exact) mass is 277 g/mol. The molecule has 3 nitrogen and oxygen atoms in total. The van der Waals surface area contributed by atoms with Crippen LogP contribution in [0.15, 0.2) is 12.1 Å². The number of halogens is 1. The fraction of sp³-hybridized carbons (Fsp3) is 0.250. The summed E-state index contributed by atoms with van der Waals surface area (Å²) < 4.78 is 1.10. The van der Waals surface area contributed by atoms with Crippen molar-refractivity contribution < 1.29 is 4.92 Å². The third-order valence-electron chi connectivity index (χ3n) is 1.63. The molecular formula is C8H8INO2. The van der Waals surface area contributed by atoms with E-state index in [9.17, 15) is 10.1 Å². The first-order valence-corrected chi connectivity index (χ1v) is 4.51. The topological polar surface area (TPSA) is 43.1 Å². The number of rotatable bonds is 1. The highest BCUT2D eigenvalue weighted by atomic mass is 127. The van der Waals surface area contributed by atoms with Crippen LogP contribution in [0.1, 0.15) is 11.1 Å². The minimum Gasteiger partial charge on any atom is -0.258 e. The average molecular weight is 277 g/mol. The van der Waals surface area contributed by atoms with E-state index >= 15 is 0 Å². The lowest BCUT2D eigenvalue weighted by Crippen LogP contribution is -1.92. The first-order valence-electron chi connectivity index (χ1n) is 3.43. The Balaban J connectivity index is 3.31. The maximum atomic E-state index is 10.4. The molecule has 1 aromatic rings. The Bertz CT molecular complexity index is 313. The number of nitrogens with zero attached hydrogens (tertiary/aromatic N) is 1. The second-order valence-electron chi connectivity index (χ2n) is 2.65. The van der Waals surface area contributed by atoms with E-state index in [1.807, 2.05) is 13.8 Å². The fourth-order valence-corrected chi connectivity index (χ4v) is 1.34. The molecule has 0 aromatic heterocycles. The Kier molecular flexibility index (Phi) is 2.66. The van der Waals surface area contributed by atoms with Crippen molar-refractivity contribution in [2.45, 2.75) is 13.8 Å². The molecule has 0 fully saturated rings. The summed E-state index contributed by atoms with van der Waals surface area (Å²) in [5.74, 6) is 0. The molecule has 0 N–H and O–H groups in total. The van der Waals surface area contributed by atoms with Gasteiger partial charge in [0, 0.05) is 15.7 Å². The lowest BCUT2D eigenvalue weighted by atomic mass is 10.1. The molecule has 0 spiro atoms. The average Bonchev–Trinajstić information content (AvgIpc) is 1.99. The van der Waals surface area contributed by atoms with Gasteiger partial charge in [0.05, 0.1) is 4.92 Å². The number of nitro benzene ring substituents is 1. The van der Waals surface area contributed by atoms with Gasteiger partial charge in [0.25, 0.3) is 5.69 Å². The molecule has 64 valence electrons. The molecule has 0 unspecified atom stereocenters. The van der Waals surface area contributed by atoms with Crippen molar-refractivity contribution in [1.29, 1.82) is 0 Å². The van der Waals surface area contributed by atoms with E-state index in [0.29, 0.717) is 0 Å². The summed E-state index contributed by atoms with van der Waals surface area (Å²) in [6.45, 7) is 3.75. The van der Waals surface area contributed by atoms with Crippen LogP contribution in [0.3, 0.4) is 0 Å². The lowest BCUT2D eigenvalue weighted by molar-refractivity contribution is -0.385. The third kappa shape index (κ3) is 1.74. The summed E-state index contributed by atoms with van der Waals surface area (Å²) in [4.78, 5) is 10.1. The Labute approximate surface area is 84.1 Å². The van der Waals surface area contributed by atoms with Gasteiger partial charge >= 0.3 is 0 Å². The van der Waals surface area contributed by atoms with Gasteiger partial charge in [-0.3, -0.25) is 10.1 Å². The van der Waals surface area contributed by atoms with Gasteiger partial charge in [0.1, 0.15) is 0 Å². The molecule has 0 bridgehead atoms. The van der Waals surface area contributed by atoms with E-state index in [4.69, 9.17) is 0 Å². The van der Waals surface area contributed by atoms with Gasteiger partial charge in [-0.15, -0.1) is 0 Å². The van der Waals surface area contributed by atoms with Crippen molar-refractivity contribution in [1.82, 2.24) is 0 Å². The van der Waals surface area contributed by atoms with Crippen LogP contribution in [-0.2, 0) is 0 Å². The number of hydrogen-bond donors (Lipinski definition) is 0. The second-order valence-corrected chi connectivity index (χ2v) is 3.73. The molecule has 0 aliphatic carbocycles. The number of benzene rings is 1. The van der Waals surface area contributed by atoms with Crippen LogP contribution in [0.4, 0.5) is 5.69 Å². The predicted molar refractivity (Wildman–Crippen MR) is 55.3 cm³/mol. The van der Waals surface area contributed by atoms with E-state index in [1.165, 1.54) is 0 Å². The summed E-state index contributed by atoms with van der Waals surface area (Å²) in [5.41, 5.74) is 2.09. The standard InChI is InChI=1S/C8H8INO2/c1-5-3-7(10(11)12)4-6(2)8(5)9/h3-4H,1-2H3. The molecule has 0 radical (unpaired) electrons. The van der Waals surface area contributed by atoms with Crippen LogP contribution >= 0.6 is 22.6 Å². The summed E-state index contributed by atoms with van der Waals surface area (Å²) in [7, 11) is 0. The lowest BCUT2D eigenvalue weighted by Gasteiger charge is -2.01. The predicted octanol–water partition coefficient (Wildman–Crippen LogP) is 2.82. The van der Waals surface area contributed by atoms with Gasteiger partial charge in [-0.05, 0) is 47.6 Å². The van der Waals surface area contributed by atoms with E-state index in [2.05, 4.69) is 22.6 Å². The quantitative estimate of drug-likeness (QED) is 0.450. The van der Waals surface area contributed by atoms with Crippen LogP contribution in [0.5, 0.6) is 0 Å². The van der Waals surface area contributed by atoms with Crippen molar-refractivity contribution in [3.8, 4) is 0 Å². The van der Waals surface area contributed by atoms with Crippen molar-refractivity contribution >= 4 is 28.3 Å². The van der Waals surface area contributed by atoms with Crippen LogP contribution in [0.25, 0.3) is 0 Å². The first-order chi connectivity index (χ1) is 5.52. The maximum Gasteiger partial charge on any atom is 0.270 e. The van der Waals surface area contributed by atoms with E-state index in [-0.39, 0.29) is 10.6 Å². The summed E-state index contributed by atoms with van der Waals surface area (Å²) in [6.07, 6.45) is 0. The third-order valence-corrected chi connectivity index (χ3v) is 3.33. The molecule has 4 heteroatoms. The highest BCUT2D eigenvalue weighted by Crippen LogP contribution is 2.22. The molecule has 0 heterocycles. The zero-order valence-corrected chi connectivity index (χ0v) is 8.95. The fourth-order valence-electron chi connectivity index (χ4n) is 1.03. The molecule has 0 atom stereocenters. The van der Waals surface area contributed by atoms with E-state index in [1.54, 1.807) is 12.1 Å². The smallest absolute Gasteiger partial charge is 0.258 e. The van der Waals surface area contributed by atoms with Crippen LogP contribution in [0, 0.1) is 27.5 Å². The summed E-state index contributed by atoms with van der Waals surface area (Å²) >= 11 is 2.19. The highest BCUT2D eigenvalue weighted by Gasteiger charge is 2.09. The molecule has 0 aliphatic rings. The van der Waals surface area contributed by atoms with Crippen molar-refractivity contribution in [3.63, 3.8) is 0 Å². The highest BCUT2D eigenvalue weighted by molar-refractivity contribution is 14.1. The summed E-state index contributed by atoms with van der Waals surface area (Å²) in [6, 6.07) is 3.18. The van der Waals surface area contributed by atoms with Crippen molar-refractivity contribution in [2.24, 2.45) is 0 Å². The van der Waals surface area contributed by atoms with Crippen LogP contribution < -0.4 is 0 Å². The molecule has 0 aliphatic heterocycles. The van der Waals surface area contributed by atoms with Gasteiger partial charge in [-0.2, -0.15) is 0 Å². The number of non-ortho nitro benzene ring substituents is 1. The van der Waals surface area contributed by atoms with E-state index < -0.39 is 0 Å². The minimum absolute atomic E-state index is 0.172. The van der Waals surface area contributed by atoms with Crippen LogP contribution in [0.2, 0.25) is 0 Å². The molecule has 1 aromatic carbocycles. The maximum absolute atomic E-state index is 10.4. The largest absolute Gasteiger partial charge is 0.270 e. The van der Waals surface area contributed by atoms with E-state index in [0.717, 1.165) is 14.7 Å². The Morgan fingerprint density at radius 1 is 1.33 bits per heavy atom. The number of aryl methyl sites for hydroxylation is 2. The number of nitro groups is 1. The number of hydrogen-bond acceptors (Lipinski definition) is 2. The first kappa shape index (κ1) is 9.44. The zero-order chi connectivity index (χ0) is 9.30. The summed E-state index contributed by atoms with van der Waals surface area (Å²) in [5, 5.41) is 10.4. The van der Waals surface area contributed by atoms with Crippen LogP contribution in [-0.4, -0.2) is 4.92 Å². The SMILES string of the molecule is Cc1cc([N+](=O)[O-])cc(C)c1I. The molecule has 0 amide bonds. The molecule has 0 saturated carbocycles. The van der Waals surface area contributed by atoms with Crippen molar-refractivity contribution in [3.05, 3.63) is 36.9 Å².